The van der Waals surface area contributed by atoms with Gasteiger partial charge < -0.3 is 14.6 Å². The number of rotatable bonds is 6. The first-order valence-corrected chi connectivity index (χ1v) is 3.43. The van der Waals surface area contributed by atoms with Crippen molar-refractivity contribution < 1.29 is 23.8 Å². The predicted octanol–water partition coefficient (Wildman–Crippen LogP) is 0.0217. The highest BCUT2D eigenvalue weighted by Crippen LogP contribution is 1.83. The molecule has 0 aromatic rings. The van der Waals surface area contributed by atoms with E-state index in [1.165, 1.54) is 0 Å². The van der Waals surface area contributed by atoms with E-state index in [0.717, 1.165) is 0 Å². The van der Waals surface area contributed by atoms with Crippen LogP contribution < -0.4 is 0 Å². The molecule has 0 fully saturated rings. The summed E-state index contributed by atoms with van der Waals surface area (Å²) in [6.45, 7) is 0.393. The van der Waals surface area contributed by atoms with Gasteiger partial charge in [0, 0.05) is 0 Å². The Labute approximate surface area is 69.6 Å². The molecular weight excluding hydrogens is 167 g/mol. The molecule has 70 valence electrons. The molecule has 1 N–H and O–H groups in total. The molecule has 0 bridgehead atoms. The Balaban J connectivity index is 3.14. The summed E-state index contributed by atoms with van der Waals surface area (Å²) in [6.07, 6.45) is 0.781. The molecule has 0 aromatic heterocycles. The standard InChI is InChI=1S/C7H11FO4/c8-2-1-7(10)12-6-5-11-4-3-9/h1-2,9H,3-6H2. The van der Waals surface area contributed by atoms with Gasteiger partial charge in [-0.15, -0.1) is 0 Å². The Kier molecular flexibility index (Phi) is 7.52. The molecule has 0 aliphatic rings. The first-order valence-electron chi connectivity index (χ1n) is 3.43. The van der Waals surface area contributed by atoms with Gasteiger partial charge in [-0.25, -0.2) is 9.18 Å². The first-order chi connectivity index (χ1) is 5.81. The second-order valence-electron chi connectivity index (χ2n) is 1.80. The van der Waals surface area contributed by atoms with E-state index in [9.17, 15) is 9.18 Å². The molecule has 4 nitrogen and oxygen atoms in total. The third-order valence-electron chi connectivity index (χ3n) is 0.907. The maximum atomic E-state index is 11.3. The molecular formula is C7H11FO4. The average molecular weight is 178 g/mol. The molecule has 0 aliphatic heterocycles. The number of halogens is 1. The summed E-state index contributed by atoms with van der Waals surface area (Å²) in [5.41, 5.74) is 0. The lowest BCUT2D eigenvalue weighted by Crippen LogP contribution is -2.10. The van der Waals surface area contributed by atoms with Crippen LogP contribution in [0.1, 0.15) is 0 Å². The fraction of sp³-hybridized carbons (Fsp3) is 0.571. The van der Waals surface area contributed by atoms with Crippen LogP contribution in [0.5, 0.6) is 0 Å². The number of aliphatic hydroxyl groups is 1. The lowest BCUT2D eigenvalue weighted by Gasteiger charge is -2.01. The molecule has 0 aliphatic carbocycles. The van der Waals surface area contributed by atoms with E-state index < -0.39 is 5.97 Å². The molecule has 5 heteroatoms. The Hall–Kier alpha value is -0.940. The van der Waals surface area contributed by atoms with Crippen molar-refractivity contribution in [2.45, 2.75) is 0 Å². The summed E-state index contributed by atoms with van der Waals surface area (Å²) >= 11 is 0. The number of ether oxygens (including phenoxy) is 2. The lowest BCUT2D eigenvalue weighted by molar-refractivity contribution is -0.139. The molecule has 12 heavy (non-hydrogen) atoms. The van der Waals surface area contributed by atoms with Crippen molar-refractivity contribution in [3.05, 3.63) is 12.4 Å². The Morgan fingerprint density at radius 3 is 2.75 bits per heavy atom. The largest absolute Gasteiger partial charge is 0.460 e. The van der Waals surface area contributed by atoms with Gasteiger partial charge in [0.15, 0.2) is 0 Å². The average Bonchev–Trinajstić information content (AvgIpc) is 2.05. The summed E-state index contributed by atoms with van der Waals surface area (Å²) in [4.78, 5) is 10.4. The van der Waals surface area contributed by atoms with Gasteiger partial charge in [-0.1, -0.05) is 0 Å². The minimum atomic E-state index is -0.745. The van der Waals surface area contributed by atoms with Crippen LogP contribution in [0.3, 0.4) is 0 Å². The number of aliphatic hydroxyl groups excluding tert-OH is 1. The number of hydrogen-bond donors (Lipinski definition) is 1. The lowest BCUT2D eigenvalue weighted by atomic mass is 10.6. The summed E-state index contributed by atoms with van der Waals surface area (Å²) in [6, 6.07) is 0. The molecule has 0 atom stereocenters. The topological polar surface area (TPSA) is 55.8 Å². The Morgan fingerprint density at radius 1 is 1.42 bits per heavy atom. The van der Waals surface area contributed by atoms with E-state index in [0.29, 0.717) is 6.08 Å². The van der Waals surface area contributed by atoms with Crippen molar-refractivity contribution >= 4 is 5.97 Å². The minimum Gasteiger partial charge on any atom is -0.460 e. The highest BCUT2D eigenvalue weighted by molar-refractivity contribution is 5.81. The molecule has 0 heterocycles. The zero-order chi connectivity index (χ0) is 9.23. The monoisotopic (exact) mass is 178 g/mol. The van der Waals surface area contributed by atoms with Gasteiger partial charge >= 0.3 is 5.97 Å². The summed E-state index contributed by atoms with van der Waals surface area (Å²) in [5, 5.41) is 8.27. The van der Waals surface area contributed by atoms with E-state index in [-0.39, 0.29) is 32.8 Å². The summed E-state index contributed by atoms with van der Waals surface area (Å²) in [7, 11) is 0. The van der Waals surface area contributed by atoms with Crippen LogP contribution in [-0.4, -0.2) is 37.5 Å². The number of hydrogen-bond acceptors (Lipinski definition) is 4. The molecule has 0 saturated carbocycles. The van der Waals surface area contributed by atoms with Crippen LogP contribution in [0.4, 0.5) is 4.39 Å². The number of carbonyl (C=O) groups is 1. The quantitative estimate of drug-likeness (QED) is 0.354. The highest BCUT2D eigenvalue weighted by Gasteiger charge is 1.95. The minimum absolute atomic E-state index is 0.0587. The van der Waals surface area contributed by atoms with Gasteiger partial charge in [-0.05, 0) is 0 Å². The van der Waals surface area contributed by atoms with Crippen LogP contribution in [0.15, 0.2) is 12.4 Å². The Bertz CT molecular complexity index is 146. The smallest absolute Gasteiger partial charge is 0.333 e. The summed E-state index contributed by atoms with van der Waals surface area (Å²) < 4.78 is 20.6. The summed E-state index contributed by atoms with van der Waals surface area (Å²) in [5.74, 6) is -0.745. The maximum Gasteiger partial charge on any atom is 0.333 e. The Morgan fingerprint density at radius 2 is 2.17 bits per heavy atom. The SMILES string of the molecule is O=C(C=CF)OCCOCCO. The van der Waals surface area contributed by atoms with Crippen LogP contribution >= 0.6 is 0 Å². The normalized spacial score (nSPS) is 10.5. The van der Waals surface area contributed by atoms with E-state index in [1.807, 2.05) is 0 Å². The molecule has 0 saturated heterocycles. The van der Waals surface area contributed by atoms with Crippen LogP contribution in [0.25, 0.3) is 0 Å². The van der Waals surface area contributed by atoms with Crippen molar-refractivity contribution in [1.82, 2.24) is 0 Å². The van der Waals surface area contributed by atoms with Crippen LogP contribution in [0, 0.1) is 0 Å². The zero-order valence-electron chi connectivity index (χ0n) is 6.53. The van der Waals surface area contributed by atoms with E-state index in [4.69, 9.17) is 9.84 Å². The van der Waals surface area contributed by atoms with Crippen LogP contribution in [-0.2, 0) is 14.3 Å². The molecule has 0 aromatic carbocycles. The third kappa shape index (κ3) is 7.17. The second kappa shape index (κ2) is 8.16. The van der Waals surface area contributed by atoms with E-state index in [2.05, 4.69) is 4.74 Å². The van der Waals surface area contributed by atoms with Crippen LogP contribution in [0.2, 0.25) is 0 Å². The molecule has 0 unspecified atom stereocenters. The first kappa shape index (κ1) is 11.1. The van der Waals surface area contributed by atoms with E-state index >= 15 is 0 Å². The maximum absolute atomic E-state index is 11.3. The highest BCUT2D eigenvalue weighted by atomic mass is 19.1. The number of carbonyl (C=O) groups excluding carboxylic acids is 1. The van der Waals surface area contributed by atoms with Gasteiger partial charge in [0.05, 0.1) is 32.2 Å². The third-order valence-corrected chi connectivity index (χ3v) is 0.907. The van der Waals surface area contributed by atoms with E-state index in [1.54, 1.807) is 0 Å². The second-order valence-corrected chi connectivity index (χ2v) is 1.80. The molecule has 0 rings (SSSR count). The van der Waals surface area contributed by atoms with Gasteiger partial charge in [0.25, 0.3) is 0 Å². The number of esters is 1. The van der Waals surface area contributed by atoms with Gasteiger partial charge in [0.2, 0.25) is 0 Å². The van der Waals surface area contributed by atoms with Crippen molar-refractivity contribution in [1.29, 1.82) is 0 Å². The van der Waals surface area contributed by atoms with Crippen molar-refractivity contribution in [2.24, 2.45) is 0 Å². The van der Waals surface area contributed by atoms with Crippen molar-refractivity contribution in [3.8, 4) is 0 Å². The predicted molar refractivity (Wildman–Crippen MR) is 39.1 cm³/mol. The van der Waals surface area contributed by atoms with Gasteiger partial charge in [-0.3, -0.25) is 0 Å². The molecule has 0 spiro atoms. The molecule has 0 amide bonds. The van der Waals surface area contributed by atoms with Gasteiger partial charge in [0.1, 0.15) is 6.61 Å². The van der Waals surface area contributed by atoms with Crippen molar-refractivity contribution in [3.63, 3.8) is 0 Å². The zero-order valence-corrected chi connectivity index (χ0v) is 6.53. The van der Waals surface area contributed by atoms with Crippen molar-refractivity contribution in [2.75, 3.05) is 26.4 Å². The fourth-order valence-corrected chi connectivity index (χ4v) is 0.467. The fourth-order valence-electron chi connectivity index (χ4n) is 0.467. The molecule has 0 radical (unpaired) electrons. The van der Waals surface area contributed by atoms with Gasteiger partial charge in [-0.2, -0.15) is 0 Å².